The highest BCUT2D eigenvalue weighted by Gasteiger charge is 1.98. The molecule has 0 N–H and O–H groups in total. The summed E-state index contributed by atoms with van der Waals surface area (Å²) in [6.45, 7) is 5.99. The van der Waals surface area contributed by atoms with Crippen LogP contribution in [0.15, 0.2) is 16.9 Å². The molecule has 1 heterocycles. The van der Waals surface area contributed by atoms with Crippen molar-refractivity contribution in [2.24, 2.45) is 4.99 Å². The van der Waals surface area contributed by atoms with E-state index >= 15 is 0 Å². The van der Waals surface area contributed by atoms with E-state index in [9.17, 15) is 0 Å². The highest BCUT2D eigenvalue weighted by atomic mass is 15.1. The average molecular weight is 123 g/mol. The number of nitrogens with zero attached hydrogens (tertiary/aromatic N) is 2. The second-order valence-corrected chi connectivity index (χ2v) is 2.10. The lowest BCUT2D eigenvalue weighted by Gasteiger charge is -2.18. The fourth-order valence-electron chi connectivity index (χ4n) is 0.793. The summed E-state index contributed by atoms with van der Waals surface area (Å²) < 4.78 is 0. The monoisotopic (exact) mass is 123 g/mol. The number of hydrogen-bond acceptors (Lipinski definition) is 2. The van der Waals surface area contributed by atoms with E-state index < -0.39 is 0 Å². The van der Waals surface area contributed by atoms with E-state index in [0.717, 1.165) is 18.8 Å². The van der Waals surface area contributed by atoms with Gasteiger partial charge in [-0.2, -0.15) is 0 Å². The van der Waals surface area contributed by atoms with E-state index in [1.54, 1.807) is 0 Å². The summed E-state index contributed by atoms with van der Waals surface area (Å²) in [5.74, 6) is 0. The summed E-state index contributed by atoms with van der Waals surface area (Å²) in [4.78, 5) is 6.17. The van der Waals surface area contributed by atoms with E-state index in [1.165, 1.54) is 0 Å². The smallest absolute Gasteiger partial charge is 0.0833 e. The molecule has 0 amide bonds. The summed E-state index contributed by atoms with van der Waals surface area (Å²) in [5, 5.41) is 0. The quantitative estimate of drug-likeness (QED) is 0.510. The van der Waals surface area contributed by atoms with Crippen molar-refractivity contribution in [3.05, 3.63) is 11.9 Å². The number of hydrogen-bond donors (Lipinski definition) is 0. The Morgan fingerprint density at radius 1 is 1.89 bits per heavy atom. The first-order valence-corrected chi connectivity index (χ1v) is 3.19. The summed E-state index contributed by atoms with van der Waals surface area (Å²) in [6.07, 6.45) is 4.97. The Morgan fingerprint density at radius 3 is 3.11 bits per heavy atom. The molecule has 0 bridgehead atoms. The van der Waals surface area contributed by atoms with Crippen molar-refractivity contribution in [3.8, 4) is 0 Å². The molecule has 1 radical (unpaired) electrons. The zero-order chi connectivity index (χ0) is 6.69. The van der Waals surface area contributed by atoms with Crippen LogP contribution >= 0.6 is 0 Å². The summed E-state index contributed by atoms with van der Waals surface area (Å²) >= 11 is 0. The molecule has 1 aliphatic rings. The van der Waals surface area contributed by atoms with Crippen LogP contribution < -0.4 is 0 Å². The molecule has 1 rings (SSSR count). The summed E-state index contributed by atoms with van der Waals surface area (Å²) in [6, 6.07) is 0. The highest BCUT2D eigenvalue weighted by Crippen LogP contribution is 2.01. The molecule has 0 aromatic heterocycles. The zero-order valence-corrected chi connectivity index (χ0v) is 5.89. The van der Waals surface area contributed by atoms with Crippen LogP contribution in [0.4, 0.5) is 0 Å². The Balaban J connectivity index is 2.55. The highest BCUT2D eigenvalue weighted by molar-refractivity contribution is 5.62. The van der Waals surface area contributed by atoms with Gasteiger partial charge in [-0.3, -0.25) is 4.99 Å². The van der Waals surface area contributed by atoms with Gasteiger partial charge in [0.2, 0.25) is 0 Å². The number of allylic oxidation sites excluding steroid dienone is 1. The van der Waals surface area contributed by atoms with E-state index in [0.29, 0.717) is 0 Å². The fraction of sp³-hybridized carbons (Fsp3) is 0.571. The Hall–Kier alpha value is -0.790. The molecule has 2 nitrogen and oxygen atoms in total. The zero-order valence-electron chi connectivity index (χ0n) is 5.89. The third-order valence-electron chi connectivity index (χ3n) is 1.30. The maximum Gasteiger partial charge on any atom is 0.0833 e. The molecular formula is C7H11N2. The predicted molar refractivity (Wildman–Crippen MR) is 38.4 cm³/mol. The molecule has 0 aromatic rings. The minimum absolute atomic E-state index is 0.841. The van der Waals surface area contributed by atoms with Crippen LogP contribution in [0.5, 0.6) is 0 Å². The first-order valence-electron chi connectivity index (χ1n) is 3.19. The maximum atomic E-state index is 4.00. The molecule has 0 fully saturated rings. The topological polar surface area (TPSA) is 15.6 Å². The Bertz CT molecular complexity index is 147. The van der Waals surface area contributed by atoms with Crippen LogP contribution in [0.25, 0.3) is 0 Å². The van der Waals surface area contributed by atoms with Crippen molar-refractivity contribution in [1.82, 2.24) is 4.90 Å². The lowest BCUT2D eigenvalue weighted by atomic mass is 10.4. The SMILES string of the molecule is CCN1C=C(C)N=[C]C1. The van der Waals surface area contributed by atoms with Gasteiger partial charge in [0.15, 0.2) is 0 Å². The predicted octanol–water partition coefficient (Wildman–Crippen LogP) is 1.13. The molecule has 0 aliphatic carbocycles. The first kappa shape index (κ1) is 6.33. The van der Waals surface area contributed by atoms with Crippen molar-refractivity contribution >= 4 is 6.21 Å². The van der Waals surface area contributed by atoms with Crippen LogP contribution in [0, 0.1) is 0 Å². The minimum atomic E-state index is 0.841. The Labute approximate surface area is 55.9 Å². The maximum absolute atomic E-state index is 4.00. The molecule has 1 aliphatic heterocycles. The van der Waals surface area contributed by atoms with Crippen LogP contribution in [-0.4, -0.2) is 24.2 Å². The molecule has 0 spiro atoms. The number of aliphatic imine (C=N–C) groups is 1. The second-order valence-electron chi connectivity index (χ2n) is 2.10. The molecule has 0 saturated heterocycles. The van der Waals surface area contributed by atoms with Crippen molar-refractivity contribution < 1.29 is 0 Å². The van der Waals surface area contributed by atoms with Crippen LogP contribution in [-0.2, 0) is 0 Å². The molecule has 9 heavy (non-hydrogen) atoms. The van der Waals surface area contributed by atoms with Crippen molar-refractivity contribution in [3.63, 3.8) is 0 Å². The van der Waals surface area contributed by atoms with Crippen molar-refractivity contribution in [1.29, 1.82) is 0 Å². The van der Waals surface area contributed by atoms with Gasteiger partial charge in [-0.25, -0.2) is 0 Å². The summed E-state index contributed by atoms with van der Waals surface area (Å²) in [7, 11) is 0. The van der Waals surface area contributed by atoms with Gasteiger partial charge < -0.3 is 4.90 Å². The first-order chi connectivity index (χ1) is 4.33. The van der Waals surface area contributed by atoms with Gasteiger partial charge in [0.05, 0.1) is 18.5 Å². The van der Waals surface area contributed by atoms with Gasteiger partial charge in [-0.1, -0.05) is 0 Å². The molecule has 0 saturated carbocycles. The lowest BCUT2D eigenvalue weighted by Crippen LogP contribution is -2.21. The number of rotatable bonds is 1. The van der Waals surface area contributed by atoms with E-state index in [2.05, 4.69) is 29.2 Å². The lowest BCUT2D eigenvalue weighted by molar-refractivity contribution is 0.445. The molecule has 2 heteroatoms. The third-order valence-corrected chi connectivity index (χ3v) is 1.30. The van der Waals surface area contributed by atoms with E-state index in [4.69, 9.17) is 0 Å². The largest absolute Gasteiger partial charge is 0.370 e. The van der Waals surface area contributed by atoms with Gasteiger partial charge in [0.25, 0.3) is 0 Å². The van der Waals surface area contributed by atoms with Crippen molar-refractivity contribution in [2.45, 2.75) is 13.8 Å². The summed E-state index contributed by atoms with van der Waals surface area (Å²) in [5.41, 5.74) is 1.04. The Kier molecular flexibility index (Phi) is 1.88. The Morgan fingerprint density at radius 2 is 2.67 bits per heavy atom. The van der Waals surface area contributed by atoms with Crippen LogP contribution in [0.2, 0.25) is 0 Å². The third kappa shape index (κ3) is 1.56. The second kappa shape index (κ2) is 2.67. The van der Waals surface area contributed by atoms with E-state index in [1.807, 2.05) is 6.92 Å². The minimum Gasteiger partial charge on any atom is -0.370 e. The normalized spacial score (nSPS) is 18.0. The van der Waals surface area contributed by atoms with Gasteiger partial charge in [-0.05, 0) is 13.8 Å². The molecule has 49 valence electrons. The van der Waals surface area contributed by atoms with Gasteiger partial charge in [-0.15, -0.1) is 0 Å². The van der Waals surface area contributed by atoms with Crippen LogP contribution in [0.3, 0.4) is 0 Å². The standard InChI is InChI=1S/C7H11N2/c1-3-9-5-4-8-7(2)6-9/h6H,3,5H2,1-2H3. The van der Waals surface area contributed by atoms with Gasteiger partial charge in [0, 0.05) is 12.7 Å². The fourth-order valence-corrected chi connectivity index (χ4v) is 0.793. The van der Waals surface area contributed by atoms with Gasteiger partial charge >= 0.3 is 0 Å². The molecule has 0 atom stereocenters. The van der Waals surface area contributed by atoms with Gasteiger partial charge in [0.1, 0.15) is 0 Å². The molecular weight excluding hydrogens is 112 g/mol. The average Bonchev–Trinajstić information content (AvgIpc) is 1.88. The van der Waals surface area contributed by atoms with E-state index in [-0.39, 0.29) is 0 Å². The van der Waals surface area contributed by atoms with Crippen LogP contribution in [0.1, 0.15) is 13.8 Å². The molecule has 0 aromatic carbocycles. The van der Waals surface area contributed by atoms with Crippen molar-refractivity contribution in [2.75, 3.05) is 13.1 Å². The molecule has 0 unspecified atom stereocenters.